The predicted octanol–water partition coefficient (Wildman–Crippen LogP) is 1.77. The first-order valence-corrected chi connectivity index (χ1v) is 6.05. The van der Waals surface area contributed by atoms with E-state index in [2.05, 4.69) is 36.0 Å². The van der Waals surface area contributed by atoms with Gasteiger partial charge in [-0.3, -0.25) is 9.88 Å². The van der Waals surface area contributed by atoms with Gasteiger partial charge in [0.1, 0.15) is 0 Å². The number of rotatable bonds is 5. The summed E-state index contributed by atoms with van der Waals surface area (Å²) in [5.74, 6) is 0.917. The standard InChI is InChI=1S/C13H21N3/c1-10(12-3-4-12)16(2)9-11-5-6-15-13(7-11)8-14/h5-7,10,12H,3-4,8-9,14H2,1-2H3. The molecule has 3 heteroatoms. The van der Waals surface area contributed by atoms with Crippen LogP contribution in [0, 0.1) is 5.92 Å². The third kappa shape index (κ3) is 2.80. The van der Waals surface area contributed by atoms with E-state index in [1.807, 2.05) is 6.20 Å². The Morgan fingerprint density at radius 1 is 1.56 bits per heavy atom. The van der Waals surface area contributed by atoms with Crippen LogP contribution in [0.1, 0.15) is 31.0 Å². The zero-order valence-electron chi connectivity index (χ0n) is 10.2. The Bertz CT molecular complexity index is 347. The van der Waals surface area contributed by atoms with Crippen LogP contribution in [-0.2, 0) is 13.1 Å². The average Bonchev–Trinajstić information content (AvgIpc) is 3.12. The van der Waals surface area contributed by atoms with Gasteiger partial charge in [0.15, 0.2) is 0 Å². The summed E-state index contributed by atoms with van der Waals surface area (Å²) >= 11 is 0. The number of nitrogens with two attached hydrogens (primary N) is 1. The molecule has 1 aromatic rings. The smallest absolute Gasteiger partial charge is 0.0542 e. The fraction of sp³-hybridized carbons (Fsp3) is 0.615. The van der Waals surface area contributed by atoms with E-state index in [4.69, 9.17) is 5.73 Å². The number of aromatic nitrogens is 1. The summed E-state index contributed by atoms with van der Waals surface area (Å²) in [5, 5.41) is 0. The van der Waals surface area contributed by atoms with Crippen LogP contribution in [0.15, 0.2) is 18.3 Å². The fourth-order valence-corrected chi connectivity index (χ4v) is 2.11. The van der Waals surface area contributed by atoms with Gasteiger partial charge in [-0.1, -0.05) is 0 Å². The van der Waals surface area contributed by atoms with Gasteiger partial charge in [-0.15, -0.1) is 0 Å². The van der Waals surface area contributed by atoms with Crippen molar-refractivity contribution in [1.29, 1.82) is 0 Å². The molecule has 1 fully saturated rings. The number of nitrogens with zero attached hydrogens (tertiary/aromatic N) is 2. The molecule has 0 radical (unpaired) electrons. The molecule has 1 aliphatic carbocycles. The van der Waals surface area contributed by atoms with Crippen molar-refractivity contribution >= 4 is 0 Å². The molecule has 0 amide bonds. The Kier molecular flexibility index (Phi) is 3.56. The number of pyridine rings is 1. The highest BCUT2D eigenvalue weighted by atomic mass is 15.1. The van der Waals surface area contributed by atoms with E-state index in [1.54, 1.807) is 0 Å². The molecule has 3 nitrogen and oxygen atoms in total. The van der Waals surface area contributed by atoms with Crippen LogP contribution in [0.4, 0.5) is 0 Å². The minimum Gasteiger partial charge on any atom is -0.325 e. The van der Waals surface area contributed by atoms with Gasteiger partial charge in [0, 0.05) is 25.3 Å². The van der Waals surface area contributed by atoms with Gasteiger partial charge in [0.05, 0.1) is 5.69 Å². The molecular weight excluding hydrogens is 198 g/mol. The highest BCUT2D eigenvalue weighted by Gasteiger charge is 2.30. The largest absolute Gasteiger partial charge is 0.325 e. The molecule has 0 aliphatic heterocycles. The lowest BCUT2D eigenvalue weighted by Crippen LogP contribution is -2.30. The van der Waals surface area contributed by atoms with Gasteiger partial charge < -0.3 is 5.73 Å². The molecule has 1 heterocycles. The molecule has 0 saturated heterocycles. The van der Waals surface area contributed by atoms with Crippen molar-refractivity contribution in [2.24, 2.45) is 11.7 Å². The maximum absolute atomic E-state index is 5.59. The number of hydrogen-bond donors (Lipinski definition) is 1. The lowest BCUT2D eigenvalue weighted by Gasteiger charge is -2.24. The monoisotopic (exact) mass is 219 g/mol. The molecule has 16 heavy (non-hydrogen) atoms. The summed E-state index contributed by atoms with van der Waals surface area (Å²) in [6.07, 6.45) is 4.65. The van der Waals surface area contributed by atoms with Crippen LogP contribution in [0.25, 0.3) is 0 Å². The van der Waals surface area contributed by atoms with E-state index < -0.39 is 0 Å². The molecule has 1 aromatic heterocycles. The van der Waals surface area contributed by atoms with Crippen molar-refractivity contribution in [2.45, 2.75) is 38.9 Å². The summed E-state index contributed by atoms with van der Waals surface area (Å²) in [6, 6.07) is 4.88. The van der Waals surface area contributed by atoms with Crippen LogP contribution < -0.4 is 5.73 Å². The van der Waals surface area contributed by atoms with E-state index in [-0.39, 0.29) is 0 Å². The summed E-state index contributed by atoms with van der Waals surface area (Å²) in [5.41, 5.74) is 7.88. The first kappa shape index (κ1) is 11.6. The molecule has 0 bridgehead atoms. The summed E-state index contributed by atoms with van der Waals surface area (Å²) in [6.45, 7) is 3.84. The van der Waals surface area contributed by atoms with E-state index in [9.17, 15) is 0 Å². The minimum atomic E-state index is 0.524. The van der Waals surface area contributed by atoms with Gasteiger partial charge in [0.2, 0.25) is 0 Å². The van der Waals surface area contributed by atoms with Crippen LogP contribution in [0.5, 0.6) is 0 Å². The maximum atomic E-state index is 5.59. The normalized spacial score (nSPS) is 17.8. The quantitative estimate of drug-likeness (QED) is 0.820. The second kappa shape index (κ2) is 4.93. The molecule has 2 rings (SSSR count). The van der Waals surface area contributed by atoms with Crippen LogP contribution >= 0.6 is 0 Å². The van der Waals surface area contributed by atoms with Crippen molar-refractivity contribution in [3.63, 3.8) is 0 Å². The van der Waals surface area contributed by atoms with Gasteiger partial charge in [-0.05, 0) is 50.4 Å². The topological polar surface area (TPSA) is 42.2 Å². The average molecular weight is 219 g/mol. The second-order valence-corrected chi connectivity index (χ2v) is 4.85. The summed E-state index contributed by atoms with van der Waals surface area (Å²) < 4.78 is 0. The molecule has 0 aromatic carbocycles. The molecule has 0 spiro atoms. The lowest BCUT2D eigenvalue weighted by atomic mass is 10.1. The number of hydrogen-bond acceptors (Lipinski definition) is 3. The van der Waals surface area contributed by atoms with Gasteiger partial charge >= 0.3 is 0 Å². The predicted molar refractivity (Wildman–Crippen MR) is 65.8 cm³/mol. The van der Waals surface area contributed by atoms with E-state index in [1.165, 1.54) is 18.4 Å². The maximum Gasteiger partial charge on any atom is 0.0542 e. The Morgan fingerprint density at radius 2 is 2.31 bits per heavy atom. The van der Waals surface area contributed by atoms with Crippen molar-refractivity contribution in [3.05, 3.63) is 29.6 Å². The van der Waals surface area contributed by atoms with Crippen LogP contribution in [0.3, 0.4) is 0 Å². The second-order valence-electron chi connectivity index (χ2n) is 4.85. The molecule has 88 valence electrons. The Balaban J connectivity index is 1.96. The third-order valence-electron chi connectivity index (χ3n) is 3.52. The van der Waals surface area contributed by atoms with Crippen molar-refractivity contribution in [3.8, 4) is 0 Å². The Hall–Kier alpha value is -0.930. The third-order valence-corrected chi connectivity index (χ3v) is 3.52. The molecule has 1 saturated carbocycles. The summed E-state index contributed by atoms with van der Waals surface area (Å²) in [4.78, 5) is 6.64. The molecule has 2 N–H and O–H groups in total. The van der Waals surface area contributed by atoms with Gasteiger partial charge in [-0.25, -0.2) is 0 Å². The van der Waals surface area contributed by atoms with E-state index in [0.29, 0.717) is 12.6 Å². The summed E-state index contributed by atoms with van der Waals surface area (Å²) in [7, 11) is 2.20. The van der Waals surface area contributed by atoms with Crippen molar-refractivity contribution < 1.29 is 0 Å². The minimum absolute atomic E-state index is 0.524. The van der Waals surface area contributed by atoms with Gasteiger partial charge in [-0.2, -0.15) is 0 Å². The SMILES string of the molecule is CC(C1CC1)N(C)Cc1ccnc(CN)c1. The highest BCUT2D eigenvalue weighted by molar-refractivity contribution is 5.16. The zero-order valence-corrected chi connectivity index (χ0v) is 10.2. The van der Waals surface area contributed by atoms with Crippen LogP contribution in [-0.4, -0.2) is 23.0 Å². The highest BCUT2D eigenvalue weighted by Crippen LogP contribution is 2.35. The van der Waals surface area contributed by atoms with Gasteiger partial charge in [0.25, 0.3) is 0 Å². The van der Waals surface area contributed by atoms with E-state index >= 15 is 0 Å². The first-order chi connectivity index (χ1) is 7.70. The Labute approximate surface area is 97.7 Å². The fourth-order valence-electron chi connectivity index (χ4n) is 2.11. The zero-order chi connectivity index (χ0) is 11.5. The lowest BCUT2D eigenvalue weighted by molar-refractivity contribution is 0.226. The molecule has 1 unspecified atom stereocenters. The van der Waals surface area contributed by atoms with Crippen LogP contribution in [0.2, 0.25) is 0 Å². The van der Waals surface area contributed by atoms with Crippen molar-refractivity contribution in [2.75, 3.05) is 7.05 Å². The molecule has 1 aliphatic rings. The Morgan fingerprint density at radius 3 is 2.94 bits per heavy atom. The molecular formula is C13H21N3. The molecule has 1 atom stereocenters. The first-order valence-electron chi connectivity index (χ1n) is 6.05. The van der Waals surface area contributed by atoms with E-state index in [0.717, 1.165) is 18.2 Å². The van der Waals surface area contributed by atoms with Crippen molar-refractivity contribution in [1.82, 2.24) is 9.88 Å².